The Morgan fingerprint density at radius 2 is 2.00 bits per heavy atom. The molecule has 0 radical (unpaired) electrons. The molecule has 1 aromatic rings. The average Bonchev–Trinajstić information content (AvgIpc) is 2.41. The largest absolute Gasteiger partial charge is 0.352 e. The highest BCUT2D eigenvalue weighted by Crippen LogP contribution is 2.17. The van der Waals surface area contributed by atoms with Gasteiger partial charge in [-0.05, 0) is 38.1 Å². The van der Waals surface area contributed by atoms with Gasteiger partial charge in [0.15, 0.2) is 11.6 Å². The van der Waals surface area contributed by atoms with Crippen molar-refractivity contribution in [3.8, 4) is 0 Å². The van der Waals surface area contributed by atoms with Gasteiger partial charge in [0.05, 0.1) is 0 Å². The number of halogens is 1. The maximum absolute atomic E-state index is 13.6. The van der Waals surface area contributed by atoms with Crippen LogP contribution in [0.1, 0.15) is 12.8 Å². The van der Waals surface area contributed by atoms with E-state index in [1.807, 2.05) is 4.90 Å². The molecule has 0 spiro atoms. The van der Waals surface area contributed by atoms with Gasteiger partial charge in [-0.2, -0.15) is 0 Å². The molecule has 1 aliphatic rings. The van der Waals surface area contributed by atoms with Gasteiger partial charge in [0.25, 0.3) is 0 Å². The third kappa shape index (κ3) is 3.40. The summed E-state index contributed by atoms with van der Waals surface area (Å²) in [4.78, 5) is 8.55. The van der Waals surface area contributed by atoms with Gasteiger partial charge in [-0.25, -0.2) is 9.37 Å². The first kappa shape index (κ1) is 13.2. The minimum atomic E-state index is -0.228. The summed E-state index contributed by atoms with van der Waals surface area (Å²) in [6.45, 7) is 5.49. The van der Waals surface area contributed by atoms with Gasteiger partial charge in [-0.1, -0.05) is 0 Å². The van der Waals surface area contributed by atoms with Crippen LogP contribution < -0.4 is 10.6 Å². The number of anilines is 1. The molecule has 1 aromatic heterocycles. The Labute approximate surface area is 108 Å². The van der Waals surface area contributed by atoms with E-state index in [0.717, 1.165) is 52.1 Å². The standard InChI is InChI=1S/C13H21FN4/c14-12-4-3-6-16-13(12)18-10-8-17(9-11-18)7-2-1-5-15/h3-4,6H,1-2,5,7-11,15H2. The van der Waals surface area contributed by atoms with Gasteiger partial charge in [0.1, 0.15) is 0 Å². The van der Waals surface area contributed by atoms with Crippen LogP contribution >= 0.6 is 0 Å². The van der Waals surface area contributed by atoms with E-state index in [0.29, 0.717) is 5.82 Å². The van der Waals surface area contributed by atoms with Crippen molar-refractivity contribution in [3.63, 3.8) is 0 Å². The first-order valence-corrected chi connectivity index (χ1v) is 6.59. The van der Waals surface area contributed by atoms with Crippen molar-refractivity contribution in [1.29, 1.82) is 0 Å². The first-order valence-electron chi connectivity index (χ1n) is 6.59. The monoisotopic (exact) mass is 252 g/mol. The zero-order chi connectivity index (χ0) is 12.8. The number of nitrogens with two attached hydrogens (primary N) is 1. The van der Waals surface area contributed by atoms with Crippen molar-refractivity contribution in [3.05, 3.63) is 24.1 Å². The van der Waals surface area contributed by atoms with Crippen LogP contribution in [-0.2, 0) is 0 Å². The molecule has 1 aliphatic heterocycles. The van der Waals surface area contributed by atoms with Gasteiger partial charge >= 0.3 is 0 Å². The maximum atomic E-state index is 13.6. The van der Waals surface area contributed by atoms with Crippen LogP contribution in [0.25, 0.3) is 0 Å². The Balaban J connectivity index is 1.81. The summed E-state index contributed by atoms with van der Waals surface area (Å²) in [6.07, 6.45) is 3.87. The molecule has 2 heterocycles. The Morgan fingerprint density at radius 3 is 2.67 bits per heavy atom. The molecule has 1 saturated heterocycles. The van der Waals surface area contributed by atoms with E-state index in [1.165, 1.54) is 6.07 Å². The van der Waals surface area contributed by atoms with Crippen LogP contribution in [0.5, 0.6) is 0 Å². The molecule has 1 fully saturated rings. The second kappa shape index (κ2) is 6.66. The van der Waals surface area contributed by atoms with E-state index in [4.69, 9.17) is 5.73 Å². The highest BCUT2D eigenvalue weighted by atomic mass is 19.1. The molecule has 0 amide bonds. The maximum Gasteiger partial charge on any atom is 0.165 e. The second-order valence-electron chi connectivity index (χ2n) is 4.63. The van der Waals surface area contributed by atoms with Crippen LogP contribution in [0.2, 0.25) is 0 Å². The van der Waals surface area contributed by atoms with Crippen molar-refractivity contribution < 1.29 is 4.39 Å². The third-order valence-corrected chi connectivity index (χ3v) is 3.34. The molecule has 0 bridgehead atoms. The number of piperazine rings is 1. The SMILES string of the molecule is NCCCCN1CCN(c2ncccc2F)CC1. The molecule has 2 N–H and O–H groups in total. The van der Waals surface area contributed by atoms with Crippen LogP contribution in [-0.4, -0.2) is 49.2 Å². The number of rotatable bonds is 5. The van der Waals surface area contributed by atoms with Crippen LogP contribution in [0, 0.1) is 5.82 Å². The number of nitrogens with zero attached hydrogens (tertiary/aromatic N) is 3. The molecule has 100 valence electrons. The number of unbranched alkanes of at least 4 members (excludes halogenated alkanes) is 1. The molecule has 2 rings (SSSR count). The van der Waals surface area contributed by atoms with Gasteiger partial charge in [-0.3, -0.25) is 4.90 Å². The lowest BCUT2D eigenvalue weighted by Gasteiger charge is -2.35. The smallest absolute Gasteiger partial charge is 0.165 e. The molecule has 0 unspecified atom stereocenters. The van der Waals surface area contributed by atoms with Gasteiger partial charge < -0.3 is 10.6 Å². The van der Waals surface area contributed by atoms with Gasteiger partial charge in [-0.15, -0.1) is 0 Å². The van der Waals surface area contributed by atoms with E-state index in [9.17, 15) is 4.39 Å². The van der Waals surface area contributed by atoms with E-state index < -0.39 is 0 Å². The lowest BCUT2D eigenvalue weighted by molar-refractivity contribution is 0.252. The van der Waals surface area contributed by atoms with Crippen LogP contribution in [0.4, 0.5) is 10.2 Å². The Hall–Kier alpha value is -1.20. The van der Waals surface area contributed by atoms with Crippen molar-refractivity contribution >= 4 is 5.82 Å². The predicted octanol–water partition coefficient (Wildman–Crippen LogP) is 1.08. The molecular formula is C13H21FN4. The third-order valence-electron chi connectivity index (χ3n) is 3.34. The number of hydrogen-bond acceptors (Lipinski definition) is 4. The molecular weight excluding hydrogens is 231 g/mol. The number of pyridine rings is 1. The molecule has 5 heteroatoms. The summed E-state index contributed by atoms with van der Waals surface area (Å²) in [6, 6.07) is 3.10. The predicted molar refractivity (Wildman–Crippen MR) is 71.1 cm³/mol. The fourth-order valence-electron chi connectivity index (χ4n) is 2.27. The Morgan fingerprint density at radius 1 is 1.22 bits per heavy atom. The molecule has 18 heavy (non-hydrogen) atoms. The summed E-state index contributed by atoms with van der Waals surface area (Å²) in [5, 5.41) is 0. The van der Waals surface area contributed by atoms with Crippen molar-refractivity contribution in [1.82, 2.24) is 9.88 Å². The van der Waals surface area contributed by atoms with E-state index in [-0.39, 0.29) is 5.82 Å². The normalized spacial score (nSPS) is 17.1. The summed E-state index contributed by atoms with van der Waals surface area (Å²) in [5.74, 6) is 0.258. The minimum absolute atomic E-state index is 0.228. The fourth-order valence-corrected chi connectivity index (χ4v) is 2.27. The summed E-state index contributed by atoms with van der Waals surface area (Å²) in [7, 11) is 0. The molecule has 4 nitrogen and oxygen atoms in total. The quantitative estimate of drug-likeness (QED) is 0.797. The van der Waals surface area contributed by atoms with Crippen LogP contribution in [0.3, 0.4) is 0 Å². The lowest BCUT2D eigenvalue weighted by atomic mass is 10.2. The summed E-state index contributed by atoms with van der Waals surface area (Å²) >= 11 is 0. The average molecular weight is 252 g/mol. The summed E-state index contributed by atoms with van der Waals surface area (Å²) < 4.78 is 13.6. The topological polar surface area (TPSA) is 45.4 Å². The lowest BCUT2D eigenvalue weighted by Crippen LogP contribution is -2.47. The zero-order valence-electron chi connectivity index (χ0n) is 10.7. The number of aromatic nitrogens is 1. The molecule has 0 aromatic carbocycles. The van der Waals surface area contributed by atoms with E-state index >= 15 is 0 Å². The Bertz CT molecular complexity index is 364. The number of hydrogen-bond donors (Lipinski definition) is 1. The minimum Gasteiger partial charge on any atom is -0.352 e. The van der Waals surface area contributed by atoms with Gasteiger partial charge in [0.2, 0.25) is 0 Å². The molecule has 0 saturated carbocycles. The highest BCUT2D eigenvalue weighted by molar-refractivity contribution is 5.40. The Kier molecular flexibility index (Phi) is 4.90. The molecule has 0 atom stereocenters. The summed E-state index contributed by atoms with van der Waals surface area (Å²) in [5.41, 5.74) is 5.48. The van der Waals surface area contributed by atoms with Crippen molar-refractivity contribution in [2.75, 3.05) is 44.2 Å². The highest BCUT2D eigenvalue weighted by Gasteiger charge is 2.19. The fraction of sp³-hybridized carbons (Fsp3) is 0.615. The van der Waals surface area contributed by atoms with E-state index in [1.54, 1.807) is 12.3 Å². The second-order valence-corrected chi connectivity index (χ2v) is 4.63. The van der Waals surface area contributed by atoms with Crippen molar-refractivity contribution in [2.45, 2.75) is 12.8 Å². The van der Waals surface area contributed by atoms with E-state index in [2.05, 4.69) is 9.88 Å². The molecule has 0 aliphatic carbocycles. The van der Waals surface area contributed by atoms with Crippen LogP contribution in [0.15, 0.2) is 18.3 Å². The van der Waals surface area contributed by atoms with Crippen molar-refractivity contribution in [2.24, 2.45) is 5.73 Å². The zero-order valence-corrected chi connectivity index (χ0v) is 10.7. The van der Waals surface area contributed by atoms with Gasteiger partial charge in [0, 0.05) is 32.4 Å². The first-order chi connectivity index (χ1) is 8.81.